The third kappa shape index (κ3) is 4.97. The number of nitrogens with zero attached hydrogens (tertiary/aromatic N) is 2. The van der Waals surface area contributed by atoms with Crippen LogP contribution in [0.5, 0.6) is 0 Å². The number of carbonyl (C=O) groups is 1. The first-order valence-electron chi connectivity index (χ1n) is 9.20. The molecule has 1 heterocycles. The molecule has 1 saturated heterocycles. The fraction of sp³-hybridized carbons (Fsp3) is 0.350. The van der Waals surface area contributed by atoms with E-state index < -0.39 is 11.0 Å². The molecule has 0 spiro atoms. The average molecular weight is 368 g/mol. The summed E-state index contributed by atoms with van der Waals surface area (Å²) in [6, 6.07) is 13.5. The third-order valence-electron chi connectivity index (χ3n) is 4.71. The summed E-state index contributed by atoms with van der Waals surface area (Å²) in [5.74, 6) is -0.205. The van der Waals surface area contributed by atoms with Crippen LogP contribution in [0, 0.1) is 10.1 Å². The number of piperidine rings is 1. The molecule has 3 rings (SSSR count). The molecule has 0 aliphatic carbocycles. The Bertz CT molecular complexity index is 784. The van der Waals surface area contributed by atoms with Crippen molar-refractivity contribution in [1.29, 1.82) is 0 Å². The maximum absolute atomic E-state index is 12.3. The first kappa shape index (κ1) is 18.7. The maximum Gasteiger partial charge on any atom is 0.269 e. The van der Waals surface area contributed by atoms with Crippen LogP contribution >= 0.6 is 0 Å². The molecule has 0 bridgehead atoms. The van der Waals surface area contributed by atoms with Crippen LogP contribution < -0.4 is 15.5 Å². The van der Waals surface area contributed by atoms with Crippen molar-refractivity contribution in [2.45, 2.75) is 32.2 Å². The zero-order valence-corrected chi connectivity index (χ0v) is 15.4. The molecule has 0 saturated carbocycles. The first-order valence-corrected chi connectivity index (χ1v) is 9.20. The molecule has 27 heavy (non-hydrogen) atoms. The average Bonchev–Trinajstić information content (AvgIpc) is 2.69. The van der Waals surface area contributed by atoms with Crippen LogP contribution in [0.1, 0.15) is 26.2 Å². The molecule has 1 atom stereocenters. The molecule has 1 amide bonds. The van der Waals surface area contributed by atoms with Crippen molar-refractivity contribution in [3.8, 4) is 0 Å². The Morgan fingerprint density at radius 2 is 1.59 bits per heavy atom. The number of nitro benzene ring substituents is 1. The predicted octanol–water partition coefficient (Wildman–Crippen LogP) is 4.02. The second-order valence-electron chi connectivity index (χ2n) is 6.75. The Balaban J connectivity index is 1.55. The van der Waals surface area contributed by atoms with Gasteiger partial charge in [-0.3, -0.25) is 14.9 Å². The summed E-state index contributed by atoms with van der Waals surface area (Å²) in [4.78, 5) is 24.9. The molecule has 2 aromatic rings. The summed E-state index contributed by atoms with van der Waals surface area (Å²) in [6.45, 7) is 3.97. The number of hydrogen-bond donors (Lipinski definition) is 2. The topological polar surface area (TPSA) is 87.5 Å². The smallest absolute Gasteiger partial charge is 0.269 e. The van der Waals surface area contributed by atoms with E-state index in [2.05, 4.69) is 27.7 Å². The minimum absolute atomic E-state index is 0.00651. The second-order valence-corrected chi connectivity index (χ2v) is 6.75. The summed E-state index contributed by atoms with van der Waals surface area (Å²) in [5.41, 5.74) is 2.61. The lowest BCUT2D eigenvalue weighted by Gasteiger charge is -2.29. The van der Waals surface area contributed by atoms with E-state index in [-0.39, 0.29) is 11.6 Å². The number of amides is 1. The van der Waals surface area contributed by atoms with Gasteiger partial charge in [-0.1, -0.05) is 0 Å². The molecule has 142 valence electrons. The van der Waals surface area contributed by atoms with Crippen LogP contribution in [0.15, 0.2) is 48.5 Å². The molecule has 1 aliphatic heterocycles. The highest BCUT2D eigenvalue weighted by Crippen LogP contribution is 2.22. The molecule has 2 N–H and O–H groups in total. The van der Waals surface area contributed by atoms with Gasteiger partial charge < -0.3 is 15.5 Å². The van der Waals surface area contributed by atoms with Gasteiger partial charge in [0.1, 0.15) is 6.04 Å². The summed E-state index contributed by atoms with van der Waals surface area (Å²) in [5, 5.41) is 16.6. The van der Waals surface area contributed by atoms with Crippen LogP contribution in [-0.2, 0) is 4.79 Å². The van der Waals surface area contributed by atoms with Crippen LogP contribution in [0.3, 0.4) is 0 Å². The zero-order chi connectivity index (χ0) is 19.2. The Morgan fingerprint density at radius 3 is 2.19 bits per heavy atom. The maximum atomic E-state index is 12.3. The molecule has 0 aromatic heterocycles. The fourth-order valence-electron chi connectivity index (χ4n) is 3.15. The van der Waals surface area contributed by atoms with E-state index in [1.54, 1.807) is 6.92 Å². The molecule has 2 aromatic carbocycles. The molecular weight excluding hydrogens is 344 g/mol. The van der Waals surface area contributed by atoms with Gasteiger partial charge in [-0.15, -0.1) is 0 Å². The summed E-state index contributed by atoms with van der Waals surface area (Å²) >= 11 is 0. The van der Waals surface area contributed by atoms with Gasteiger partial charge >= 0.3 is 0 Å². The van der Waals surface area contributed by atoms with Crippen LogP contribution in [0.2, 0.25) is 0 Å². The molecule has 7 heteroatoms. The van der Waals surface area contributed by atoms with Gasteiger partial charge in [0.25, 0.3) is 5.69 Å². The third-order valence-corrected chi connectivity index (χ3v) is 4.71. The molecule has 1 aliphatic rings. The quantitative estimate of drug-likeness (QED) is 0.594. The Labute approximate surface area is 158 Å². The summed E-state index contributed by atoms with van der Waals surface area (Å²) in [7, 11) is 0. The molecular formula is C20H24N4O3. The van der Waals surface area contributed by atoms with E-state index in [0.717, 1.165) is 18.8 Å². The number of carbonyl (C=O) groups excluding carboxylic acids is 1. The van der Waals surface area contributed by atoms with Crippen molar-refractivity contribution >= 4 is 28.7 Å². The van der Waals surface area contributed by atoms with E-state index in [1.165, 1.54) is 49.2 Å². The molecule has 0 unspecified atom stereocenters. The lowest BCUT2D eigenvalue weighted by molar-refractivity contribution is -0.384. The predicted molar refractivity (Wildman–Crippen MR) is 107 cm³/mol. The zero-order valence-electron chi connectivity index (χ0n) is 15.4. The SMILES string of the molecule is C[C@H](Nc1ccc(N2CCCCC2)cc1)C(=O)Nc1ccc([N+](=O)[O-])cc1. The van der Waals surface area contributed by atoms with Gasteiger partial charge in [-0.25, -0.2) is 0 Å². The molecule has 1 fully saturated rings. The van der Waals surface area contributed by atoms with Crippen molar-refractivity contribution in [2.24, 2.45) is 0 Å². The van der Waals surface area contributed by atoms with E-state index in [9.17, 15) is 14.9 Å². The minimum Gasteiger partial charge on any atom is -0.374 e. The first-order chi connectivity index (χ1) is 13.0. The minimum atomic E-state index is -0.469. The van der Waals surface area contributed by atoms with Gasteiger partial charge in [0.05, 0.1) is 4.92 Å². The van der Waals surface area contributed by atoms with Crippen molar-refractivity contribution in [3.05, 3.63) is 58.6 Å². The number of hydrogen-bond acceptors (Lipinski definition) is 5. The fourth-order valence-corrected chi connectivity index (χ4v) is 3.15. The van der Waals surface area contributed by atoms with Crippen molar-refractivity contribution in [2.75, 3.05) is 28.6 Å². The van der Waals surface area contributed by atoms with E-state index in [0.29, 0.717) is 5.69 Å². The number of nitrogens with one attached hydrogen (secondary N) is 2. The Morgan fingerprint density at radius 1 is 1.00 bits per heavy atom. The van der Waals surface area contributed by atoms with Crippen molar-refractivity contribution in [3.63, 3.8) is 0 Å². The lowest BCUT2D eigenvalue weighted by Crippen LogP contribution is -2.32. The normalized spacial score (nSPS) is 15.1. The number of rotatable bonds is 6. The molecule has 0 radical (unpaired) electrons. The van der Waals surface area contributed by atoms with Gasteiger partial charge in [-0.05, 0) is 62.6 Å². The van der Waals surface area contributed by atoms with Gasteiger partial charge in [0.15, 0.2) is 0 Å². The number of nitro groups is 1. The highest BCUT2D eigenvalue weighted by atomic mass is 16.6. The summed E-state index contributed by atoms with van der Waals surface area (Å²) < 4.78 is 0. The van der Waals surface area contributed by atoms with Crippen LogP contribution in [0.4, 0.5) is 22.7 Å². The lowest BCUT2D eigenvalue weighted by atomic mass is 10.1. The van der Waals surface area contributed by atoms with Gasteiger partial charge in [-0.2, -0.15) is 0 Å². The van der Waals surface area contributed by atoms with Crippen LogP contribution in [-0.4, -0.2) is 30.0 Å². The van der Waals surface area contributed by atoms with Gasteiger partial charge in [0.2, 0.25) is 5.91 Å². The standard InChI is InChI=1S/C20H24N4O3/c1-15(20(25)22-17-7-11-19(12-8-17)24(26)27)21-16-5-9-18(10-6-16)23-13-3-2-4-14-23/h5-12,15,21H,2-4,13-14H2,1H3,(H,22,25)/t15-/m0/s1. The van der Waals surface area contributed by atoms with Gasteiger partial charge in [0, 0.05) is 42.3 Å². The number of benzene rings is 2. The number of anilines is 3. The molecule has 7 nitrogen and oxygen atoms in total. The van der Waals surface area contributed by atoms with E-state index in [1.807, 2.05) is 12.1 Å². The van der Waals surface area contributed by atoms with Crippen molar-refractivity contribution in [1.82, 2.24) is 0 Å². The number of non-ortho nitro benzene ring substituents is 1. The highest BCUT2D eigenvalue weighted by molar-refractivity contribution is 5.96. The Hall–Kier alpha value is -3.09. The summed E-state index contributed by atoms with van der Waals surface area (Å²) in [6.07, 6.45) is 3.78. The van der Waals surface area contributed by atoms with Crippen LogP contribution in [0.25, 0.3) is 0 Å². The second kappa shape index (κ2) is 8.53. The monoisotopic (exact) mass is 368 g/mol. The van der Waals surface area contributed by atoms with E-state index >= 15 is 0 Å². The Kier molecular flexibility index (Phi) is 5.90. The van der Waals surface area contributed by atoms with E-state index in [4.69, 9.17) is 0 Å². The highest BCUT2D eigenvalue weighted by Gasteiger charge is 2.15. The largest absolute Gasteiger partial charge is 0.374 e. The van der Waals surface area contributed by atoms with Crippen molar-refractivity contribution < 1.29 is 9.72 Å².